The van der Waals surface area contributed by atoms with Crippen LogP contribution in [-0.4, -0.2) is 14.6 Å². The highest BCUT2D eigenvalue weighted by Gasteiger charge is 2.13. The number of nitrogens with zero attached hydrogens (tertiary/aromatic N) is 5. The van der Waals surface area contributed by atoms with E-state index < -0.39 is 0 Å². The van der Waals surface area contributed by atoms with Gasteiger partial charge in [-0.15, -0.1) is 10.2 Å². The zero-order valence-corrected chi connectivity index (χ0v) is 11.6. The van der Waals surface area contributed by atoms with Gasteiger partial charge in [0.15, 0.2) is 17.2 Å². The van der Waals surface area contributed by atoms with E-state index in [4.69, 9.17) is 5.73 Å². The van der Waals surface area contributed by atoms with Crippen LogP contribution in [0.4, 0.5) is 21.6 Å². The first-order valence-corrected chi connectivity index (χ1v) is 6.34. The molecule has 3 aromatic rings. The first-order valence-electron chi connectivity index (χ1n) is 6.34. The molecule has 0 aliphatic heterocycles. The molecule has 0 atom stereocenters. The van der Waals surface area contributed by atoms with E-state index in [2.05, 4.69) is 20.3 Å². The molecule has 2 aromatic heterocycles. The monoisotopic (exact) mass is 284 g/mol. The Kier molecular flexibility index (Phi) is 3.09. The van der Waals surface area contributed by atoms with Crippen LogP contribution >= 0.6 is 0 Å². The number of nitrogens with two attached hydrogens (primary N) is 1. The summed E-state index contributed by atoms with van der Waals surface area (Å²) in [7, 11) is 0. The second-order valence-corrected chi connectivity index (χ2v) is 4.68. The van der Waals surface area contributed by atoms with E-state index in [1.807, 2.05) is 19.9 Å². The molecule has 0 spiro atoms. The van der Waals surface area contributed by atoms with Crippen LogP contribution in [-0.2, 0) is 0 Å². The van der Waals surface area contributed by atoms with Gasteiger partial charge in [0.25, 0.3) is 0 Å². The van der Waals surface area contributed by atoms with Gasteiger partial charge in [-0.05, 0) is 44.2 Å². The number of hydrogen-bond acceptors (Lipinski definition) is 5. The lowest BCUT2D eigenvalue weighted by Crippen LogP contribution is -1.97. The highest BCUT2D eigenvalue weighted by molar-refractivity contribution is 5.75. The second-order valence-electron chi connectivity index (χ2n) is 4.68. The molecule has 7 heteroatoms. The SMILES string of the molecule is Cc1cc(C)n2nc(N)c(N=Nc3ccc(F)cc3)c2n1. The van der Waals surface area contributed by atoms with E-state index in [9.17, 15) is 4.39 Å². The molecular formula is C14H13FN6. The van der Waals surface area contributed by atoms with Gasteiger partial charge in [-0.2, -0.15) is 5.11 Å². The van der Waals surface area contributed by atoms with E-state index in [1.165, 1.54) is 24.3 Å². The Morgan fingerprint density at radius 1 is 1.14 bits per heavy atom. The summed E-state index contributed by atoms with van der Waals surface area (Å²) in [6.07, 6.45) is 0. The summed E-state index contributed by atoms with van der Waals surface area (Å²) in [5.41, 5.74) is 9.12. The van der Waals surface area contributed by atoms with Crippen molar-refractivity contribution in [3.63, 3.8) is 0 Å². The van der Waals surface area contributed by atoms with Crippen molar-refractivity contribution in [2.75, 3.05) is 5.73 Å². The van der Waals surface area contributed by atoms with Gasteiger partial charge < -0.3 is 5.73 Å². The number of aromatic nitrogens is 3. The molecule has 0 bridgehead atoms. The molecule has 2 heterocycles. The van der Waals surface area contributed by atoms with Crippen molar-refractivity contribution in [2.24, 2.45) is 10.2 Å². The Morgan fingerprint density at radius 2 is 1.86 bits per heavy atom. The molecule has 3 rings (SSSR count). The summed E-state index contributed by atoms with van der Waals surface area (Å²) >= 11 is 0. The van der Waals surface area contributed by atoms with Gasteiger partial charge in [-0.1, -0.05) is 0 Å². The lowest BCUT2D eigenvalue weighted by molar-refractivity contribution is 0.628. The van der Waals surface area contributed by atoms with E-state index >= 15 is 0 Å². The van der Waals surface area contributed by atoms with Crippen LogP contribution in [0, 0.1) is 19.7 Å². The van der Waals surface area contributed by atoms with E-state index in [1.54, 1.807) is 4.52 Å². The lowest BCUT2D eigenvalue weighted by Gasteiger charge is -1.99. The Labute approximate surface area is 120 Å². The molecule has 0 fully saturated rings. The molecule has 0 amide bonds. The first-order chi connectivity index (χ1) is 10.0. The number of nitrogen functional groups attached to an aromatic ring is 1. The fraction of sp³-hybridized carbons (Fsp3) is 0.143. The van der Waals surface area contributed by atoms with E-state index in [0.29, 0.717) is 17.0 Å². The molecule has 2 N–H and O–H groups in total. The molecule has 0 saturated heterocycles. The van der Waals surface area contributed by atoms with Gasteiger partial charge >= 0.3 is 0 Å². The Balaban J connectivity index is 2.08. The number of fused-ring (bicyclic) bond motifs is 1. The summed E-state index contributed by atoms with van der Waals surface area (Å²) in [6, 6.07) is 7.61. The fourth-order valence-corrected chi connectivity index (χ4v) is 2.04. The van der Waals surface area contributed by atoms with Crippen molar-refractivity contribution >= 4 is 22.8 Å². The maximum Gasteiger partial charge on any atom is 0.185 e. The molecule has 0 unspecified atom stereocenters. The molecule has 21 heavy (non-hydrogen) atoms. The maximum absolute atomic E-state index is 12.8. The smallest absolute Gasteiger partial charge is 0.185 e. The summed E-state index contributed by atoms with van der Waals surface area (Å²) in [5.74, 6) is -0.0700. The van der Waals surface area contributed by atoms with Crippen LogP contribution in [0.3, 0.4) is 0 Å². The summed E-state index contributed by atoms with van der Waals surface area (Å²) in [4.78, 5) is 4.39. The number of halogens is 1. The van der Waals surface area contributed by atoms with Gasteiger partial charge in [0.05, 0.1) is 5.69 Å². The number of hydrogen-bond donors (Lipinski definition) is 1. The van der Waals surface area contributed by atoms with Crippen molar-refractivity contribution < 1.29 is 4.39 Å². The Morgan fingerprint density at radius 3 is 2.57 bits per heavy atom. The van der Waals surface area contributed by atoms with Crippen molar-refractivity contribution in [2.45, 2.75) is 13.8 Å². The lowest BCUT2D eigenvalue weighted by atomic mass is 10.3. The highest BCUT2D eigenvalue weighted by atomic mass is 19.1. The van der Waals surface area contributed by atoms with Crippen molar-refractivity contribution in [3.05, 3.63) is 47.5 Å². The van der Waals surface area contributed by atoms with Crippen molar-refractivity contribution in [1.82, 2.24) is 14.6 Å². The zero-order valence-electron chi connectivity index (χ0n) is 11.6. The van der Waals surface area contributed by atoms with E-state index in [-0.39, 0.29) is 11.6 Å². The predicted molar refractivity (Wildman–Crippen MR) is 77.4 cm³/mol. The van der Waals surface area contributed by atoms with Gasteiger partial charge in [-0.25, -0.2) is 13.9 Å². The summed E-state index contributed by atoms with van der Waals surface area (Å²) < 4.78 is 14.5. The van der Waals surface area contributed by atoms with Crippen LogP contribution in [0.2, 0.25) is 0 Å². The van der Waals surface area contributed by atoms with Crippen LogP contribution in [0.15, 0.2) is 40.6 Å². The minimum atomic E-state index is -0.322. The van der Waals surface area contributed by atoms with Crippen molar-refractivity contribution in [3.8, 4) is 0 Å². The maximum atomic E-state index is 12.8. The third kappa shape index (κ3) is 2.45. The minimum Gasteiger partial charge on any atom is -0.380 e. The molecule has 0 aliphatic rings. The molecular weight excluding hydrogens is 271 g/mol. The quantitative estimate of drug-likeness (QED) is 0.731. The van der Waals surface area contributed by atoms with Gasteiger partial charge in [-0.3, -0.25) is 0 Å². The third-order valence-corrected chi connectivity index (χ3v) is 2.99. The third-order valence-electron chi connectivity index (χ3n) is 2.99. The fourth-order valence-electron chi connectivity index (χ4n) is 2.04. The normalized spacial score (nSPS) is 11.6. The molecule has 0 aliphatic carbocycles. The van der Waals surface area contributed by atoms with Crippen LogP contribution in [0.5, 0.6) is 0 Å². The van der Waals surface area contributed by atoms with Gasteiger partial charge in [0.2, 0.25) is 0 Å². The minimum absolute atomic E-state index is 0.252. The predicted octanol–water partition coefficient (Wildman–Crippen LogP) is 3.48. The number of azo groups is 1. The largest absolute Gasteiger partial charge is 0.380 e. The molecule has 6 nitrogen and oxygen atoms in total. The number of anilines is 1. The number of benzene rings is 1. The number of rotatable bonds is 2. The Hall–Kier alpha value is -2.83. The summed E-state index contributed by atoms with van der Waals surface area (Å²) in [6.45, 7) is 3.80. The summed E-state index contributed by atoms with van der Waals surface area (Å²) in [5, 5.41) is 12.4. The van der Waals surface area contributed by atoms with Crippen LogP contribution in [0.25, 0.3) is 5.65 Å². The average Bonchev–Trinajstić information content (AvgIpc) is 2.75. The number of aryl methyl sites for hydroxylation is 2. The van der Waals surface area contributed by atoms with Crippen LogP contribution < -0.4 is 5.73 Å². The first kappa shape index (κ1) is 13.2. The zero-order chi connectivity index (χ0) is 15.0. The molecule has 0 saturated carbocycles. The Bertz CT molecular complexity index is 835. The average molecular weight is 284 g/mol. The van der Waals surface area contributed by atoms with Crippen LogP contribution in [0.1, 0.15) is 11.4 Å². The van der Waals surface area contributed by atoms with Gasteiger partial charge in [0.1, 0.15) is 5.82 Å². The topological polar surface area (TPSA) is 80.9 Å². The molecule has 106 valence electrons. The molecule has 1 aromatic carbocycles. The standard InChI is InChI=1S/C14H13FN6/c1-8-7-9(2)21-14(17-8)12(13(16)20-21)19-18-11-5-3-10(15)4-6-11/h3-7H,1-2H3,(H2,16,20). The highest BCUT2D eigenvalue weighted by Crippen LogP contribution is 2.29. The molecule has 0 radical (unpaired) electrons. The van der Waals surface area contributed by atoms with Gasteiger partial charge in [0, 0.05) is 11.4 Å². The van der Waals surface area contributed by atoms with E-state index in [0.717, 1.165) is 11.4 Å². The van der Waals surface area contributed by atoms with Crippen molar-refractivity contribution in [1.29, 1.82) is 0 Å². The second kappa shape index (κ2) is 4.93.